The smallest absolute Gasteiger partial charge is 0.0931 e. The lowest BCUT2D eigenvalue weighted by molar-refractivity contribution is 0.201. The third-order valence-electron chi connectivity index (χ3n) is 1.76. The van der Waals surface area contributed by atoms with Gasteiger partial charge >= 0.3 is 0 Å². The maximum atomic E-state index is 10.0. The van der Waals surface area contributed by atoms with E-state index in [4.69, 9.17) is 0 Å². The van der Waals surface area contributed by atoms with E-state index in [1.165, 1.54) is 32.1 Å². The summed E-state index contributed by atoms with van der Waals surface area (Å²) >= 11 is 0. The van der Waals surface area contributed by atoms with Gasteiger partial charge in [0.2, 0.25) is 0 Å². The third kappa shape index (κ3) is 9.52. The molecule has 0 N–H and O–H groups in total. The van der Waals surface area contributed by atoms with Gasteiger partial charge in [-0.25, -0.2) is 5.11 Å². The number of rotatable bonds is 6. The van der Waals surface area contributed by atoms with Gasteiger partial charge in [0.1, 0.15) is 0 Å². The van der Waals surface area contributed by atoms with E-state index < -0.39 is 0 Å². The fourth-order valence-corrected chi connectivity index (χ4v) is 1.04. The zero-order chi connectivity index (χ0) is 9.07. The molecular formula is C11H19O. The molecule has 0 saturated heterocycles. The Bertz CT molecular complexity index is 130. The van der Waals surface area contributed by atoms with Crippen LogP contribution in [0.2, 0.25) is 0 Å². The molecule has 69 valence electrons. The normalized spacial score (nSPS) is 9.17. The van der Waals surface area contributed by atoms with Gasteiger partial charge in [-0.2, -0.15) is 0 Å². The first-order chi connectivity index (χ1) is 5.91. The van der Waals surface area contributed by atoms with E-state index >= 15 is 0 Å². The maximum Gasteiger partial charge on any atom is 0.0931 e. The van der Waals surface area contributed by atoms with Gasteiger partial charge in [-0.3, -0.25) is 0 Å². The Hall–Kier alpha value is -0.480. The van der Waals surface area contributed by atoms with Crippen molar-refractivity contribution >= 4 is 0 Å². The van der Waals surface area contributed by atoms with Crippen LogP contribution in [0.1, 0.15) is 51.9 Å². The van der Waals surface area contributed by atoms with Gasteiger partial charge in [0.25, 0.3) is 0 Å². The molecule has 1 nitrogen and oxygen atoms in total. The molecule has 0 aliphatic heterocycles. The minimum atomic E-state index is -0.0527. The minimum Gasteiger partial charge on any atom is -0.236 e. The number of unbranched alkanes of at least 4 members (excludes halogenated alkanes) is 5. The van der Waals surface area contributed by atoms with E-state index in [1.54, 1.807) is 0 Å². The van der Waals surface area contributed by atoms with E-state index in [1.807, 2.05) is 0 Å². The van der Waals surface area contributed by atoms with Crippen molar-refractivity contribution in [2.24, 2.45) is 0 Å². The topological polar surface area (TPSA) is 19.9 Å². The predicted molar refractivity (Wildman–Crippen MR) is 51.3 cm³/mol. The summed E-state index contributed by atoms with van der Waals surface area (Å²) in [5.74, 6) is 5.88. The molecular weight excluding hydrogens is 148 g/mol. The van der Waals surface area contributed by atoms with Crippen molar-refractivity contribution in [3.63, 3.8) is 0 Å². The Morgan fingerprint density at radius 3 is 2.25 bits per heavy atom. The highest BCUT2D eigenvalue weighted by Crippen LogP contribution is 2.03. The van der Waals surface area contributed by atoms with Crippen LogP contribution in [0.4, 0.5) is 0 Å². The van der Waals surface area contributed by atoms with E-state index in [9.17, 15) is 5.11 Å². The Morgan fingerprint density at radius 1 is 0.917 bits per heavy atom. The second kappa shape index (κ2) is 10.5. The molecule has 0 bridgehead atoms. The van der Waals surface area contributed by atoms with Gasteiger partial charge in [-0.05, 0) is 6.42 Å². The molecule has 0 aromatic rings. The quantitative estimate of drug-likeness (QED) is 0.428. The van der Waals surface area contributed by atoms with Crippen LogP contribution in [0.25, 0.3) is 0 Å². The van der Waals surface area contributed by atoms with Crippen molar-refractivity contribution in [2.45, 2.75) is 51.9 Å². The summed E-state index contributed by atoms with van der Waals surface area (Å²) in [6, 6.07) is 0. The third-order valence-corrected chi connectivity index (χ3v) is 1.76. The summed E-state index contributed by atoms with van der Waals surface area (Å²) in [4.78, 5) is 0. The fourth-order valence-electron chi connectivity index (χ4n) is 1.04. The van der Waals surface area contributed by atoms with E-state index in [-0.39, 0.29) is 6.61 Å². The van der Waals surface area contributed by atoms with Crippen LogP contribution < -0.4 is 0 Å². The second-order valence-electron chi connectivity index (χ2n) is 2.97. The van der Waals surface area contributed by atoms with Crippen molar-refractivity contribution in [1.82, 2.24) is 0 Å². The summed E-state index contributed by atoms with van der Waals surface area (Å²) in [5, 5.41) is 10.0. The molecule has 0 aliphatic carbocycles. The van der Waals surface area contributed by atoms with Crippen LogP contribution in [0.3, 0.4) is 0 Å². The number of hydrogen-bond acceptors (Lipinski definition) is 0. The van der Waals surface area contributed by atoms with E-state index in [2.05, 4.69) is 18.8 Å². The average Bonchev–Trinajstić information content (AvgIpc) is 2.10. The lowest BCUT2D eigenvalue weighted by Gasteiger charge is -1.94. The molecule has 0 aromatic heterocycles. The highest BCUT2D eigenvalue weighted by molar-refractivity contribution is 4.98. The first-order valence-corrected chi connectivity index (χ1v) is 4.95. The maximum absolute atomic E-state index is 10.0. The van der Waals surface area contributed by atoms with Crippen LogP contribution in [0.5, 0.6) is 0 Å². The zero-order valence-corrected chi connectivity index (χ0v) is 8.07. The molecule has 0 spiro atoms. The molecule has 0 fully saturated rings. The molecule has 0 unspecified atom stereocenters. The molecule has 0 saturated carbocycles. The van der Waals surface area contributed by atoms with Crippen LogP contribution in [-0.4, -0.2) is 6.61 Å². The SMILES string of the molecule is CCCCCCCC#CCC[O]. The lowest BCUT2D eigenvalue weighted by Crippen LogP contribution is -1.77. The van der Waals surface area contributed by atoms with Crippen molar-refractivity contribution < 1.29 is 5.11 Å². The Labute approximate surface area is 76.2 Å². The molecule has 0 atom stereocenters. The molecule has 0 aliphatic rings. The molecule has 0 rings (SSSR count). The van der Waals surface area contributed by atoms with Gasteiger partial charge in [0.05, 0.1) is 6.61 Å². The highest BCUT2D eigenvalue weighted by Gasteiger charge is 1.85. The molecule has 0 amide bonds. The second-order valence-corrected chi connectivity index (χ2v) is 2.97. The van der Waals surface area contributed by atoms with Crippen LogP contribution >= 0.6 is 0 Å². The Morgan fingerprint density at radius 2 is 1.58 bits per heavy atom. The standard InChI is InChI=1S/C11H19O/c1-2-3-4-5-6-7-8-9-10-11-12/h2-7,10-11H2,1H3. The summed E-state index contributed by atoms with van der Waals surface area (Å²) in [7, 11) is 0. The van der Waals surface area contributed by atoms with Gasteiger partial charge in [-0.1, -0.05) is 32.6 Å². The van der Waals surface area contributed by atoms with Gasteiger partial charge < -0.3 is 0 Å². The summed E-state index contributed by atoms with van der Waals surface area (Å²) < 4.78 is 0. The van der Waals surface area contributed by atoms with E-state index in [0.717, 1.165) is 6.42 Å². The van der Waals surface area contributed by atoms with Crippen LogP contribution in [-0.2, 0) is 5.11 Å². The monoisotopic (exact) mass is 167 g/mol. The van der Waals surface area contributed by atoms with Crippen LogP contribution in [0, 0.1) is 11.8 Å². The zero-order valence-electron chi connectivity index (χ0n) is 8.07. The predicted octanol–water partition coefficient (Wildman–Crippen LogP) is 3.17. The molecule has 0 heterocycles. The van der Waals surface area contributed by atoms with Crippen molar-refractivity contribution in [1.29, 1.82) is 0 Å². The van der Waals surface area contributed by atoms with Gasteiger partial charge in [0, 0.05) is 12.8 Å². The lowest BCUT2D eigenvalue weighted by atomic mass is 10.1. The first-order valence-electron chi connectivity index (χ1n) is 4.95. The Balaban J connectivity index is 2.96. The number of hydrogen-bond donors (Lipinski definition) is 0. The molecule has 1 radical (unpaired) electrons. The van der Waals surface area contributed by atoms with Crippen molar-refractivity contribution in [3.8, 4) is 11.8 Å². The molecule has 1 heteroatoms. The fraction of sp³-hybridized carbons (Fsp3) is 0.818. The van der Waals surface area contributed by atoms with Gasteiger partial charge in [-0.15, -0.1) is 11.8 Å². The summed E-state index contributed by atoms with van der Waals surface area (Å²) in [5.41, 5.74) is 0. The molecule has 0 aromatic carbocycles. The first kappa shape index (κ1) is 11.5. The van der Waals surface area contributed by atoms with Crippen molar-refractivity contribution in [3.05, 3.63) is 0 Å². The van der Waals surface area contributed by atoms with E-state index in [0.29, 0.717) is 6.42 Å². The minimum absolute atomic E-state index is 0.0527. The van der Waals surface area contributed by atoms with Crippen molar-refractivity contribution in [2.75, 3.05) is 6.61 Å². The summed E-state index contributed by atoms with van der Waals surface area (Å²) in [6.07, 6.45) is 7.96. The molecule has 12 heavy (non-hydrogen) atoms. The largest absolute Gasteiger partial charge is 0.236 e. The Kier molecular flexibility index (Phi) is 10.1. The average molecular weight is 167 g/mol. The van der Waals surface area contributed by atoms with Crippen LogP contribution in [0.15, 0.2) is 0 Å². The summed E-state index contributed by atoms with van der Waals surface area (Å²) in [6.45, 7) is 2.16. The highest BCUT2D eigenvalue weighted by atomic mass is 16.2. The van der Waals surface area contributed by atoms with Gasteiger partial charge in [0.15, 0.2) is 0 Å².